The van der Waals surface area contributed by atoms with Crippen molar-refractivity contribution in [1.29, 1.82) is 0 Å². The molecule has 1 aliphatic rings. The lowest BCUT2D eigenvalue weighted by molar-refractivity contribution is 0.663. The van der Waals surface area contributed by atoms with Crippen LogP contribution in [0.15, 0.2) is 218 Å². The fourth-order valence-electron chi connectivity index (χ4n) is 9.96. The molecule has 12 rings (SSSR count). The molecule has 0 amide bonds. The highest BCUT2D eigenvalue weighted by Crippen LogP contribution is 2.51. The summed E-state index contributed by atoms with van der Waals surface area (Å²) in [5, 5.41) is 12.8. The molecule has 0 bridgehead atoms. The Morgan fingerprint density at radius 2 is 0.623 bits per heavy atom. The van der Waals surface area contributed by atoms with Gasteiger partial charge in [0.2, 0.25) is 0 Å². The molecule has 0 N–H and O–H groups in total. The number of fused-ring (bicyclic) bond motifs is 3. The SMILES string of the molecule is CC1(C)c2cccc3ccc4cc(N(c5ccc(-c6ccc(N(c7ccc8ccccc8c7)c7ccc8ccccc8c7)cc6)cc5)c5ccc6ccccc6c5)cc1c4c23. The first-order valence-corrected chi connectivity index (χ1v) is 21.2. The molecule has 0 atom stereocenters. The predicted molar refractivity (Wildman–Crippen MR) is 261 cm³/mol. The highest BCUT2D eigenvalue weighted by molar-refractivity contribution is 6.16. The molecule has 0 saturated carbocycles. The van der Waals surface area contributed by atoms with E-state index in [0.717, 1.165) is 34.1 Å². The van der Waals surface area contributed by atoms with Crippen LogP contribution in [0.5, 0.6) is 0 Å². The van der Waals surface area contributed by atoms with Crippen LogP contribution in [-0.2, 0) is 5.41 Å². The molecule has 0 spiro atoms. The van der Waals surface area contributed by atoms with Crippen LogP contribution in [0.25, 0.3) is 65.0 Å². The lowest BCUT2D eigenvalue weighted by Gasteiger charge is -2.29. The van der Waals surface area contributed by atoms with E-state index in [9.17, 15) is 0 Å². The van der Waals surface area contributed by atoms with Gasteiger partial charge >= 0.3 is 0 Å². The minimum atomic E-state index is -0.110. The van der Waals surface area contributed by atoms with Gasteiger partial charge in [-0.15, -0.1) is 0 Å². The second kappa shape index (κ2) is 13.7. The van der Waals surface area contributed by atoms with E-state index in [0.29, 0.717) is 0 Å². The molecule has 1 aliphatic carbocycles. The summed E-state index contributed by atoms with van der Waals surface area (Å²) in [6.07, 6.45) is 0. The average molecular weight is 779 g/mol. The Kier molecular flexibility index (Phi) is 7.92. The first-order valence-electron chi connectivity index (χ1n) is 21.2. The topological polar surface area (TPSA) is 6.48 Å². The van der Waals surface area contributed by atoms with Crippen LogP contribution in [0.2, 0.25) is 0 Å². The van der Waals surface area contributed by atoms with Crippen molar-refractivity contribution in [1.82, 2.24) is 0 Å². The van der Waals surface area contributed by atoms with Crippen molar-refractivity contribution in [3.63, 3.8) is 0 Å². The van der Waals surface area contributed by atoms with E-state index in [1.165, 1.54) is 76.1 Å². The maximum atomic E-state index is 2.44. The molecule has 0 aromatic heterocycles. The van der Waals surface area contributed by atoms with Crippen LogP contribution in [0.4, 0.5) is 34.1 Å². The number of hydrogen-bond acceptors (Lipinski definition) is 2. The number of rotatable bonds is 7. The molecule has 2 nitrogen and oxygen atoms in total. The predicted octanol–water partition coefficient (Wildman–Crippen LogP) is 16.7. The van der Waals surface area contributed by atoms with Crippen LogP contribution >= 0.6 is 0 Å². The minimum Gasteiger partial charge on any atom is -0.310 e. The molecular weight excluding hydrogens is 737 g/mol. The number of nitrogens with zero attached hydrogens (tertiary/aromatic N) is 2. The van der Waals surface area contributed by atoms with Gasteiger partial charge in [0.15, 0.2) is 0 Å². The molecule has 11 aromatic rings. The first kappa shape index (κ1) is 35.3. The van der Waals surface area contributed by atoms with E-state index in [4.69, 9.17) is 0 Å². The molecule has 11 aromatic carbocycles. The summed E-state index contributed by atoms with van der Waals surface area (Å²) in [6, 6.07) is 80.4. The maximum Gasteiger partial charge on any atom is 0.0471 e. The zero-order valence-corrected chi connectivity index (χ0v) is 34.2. The lowest BCUT2D eigenvalue weighted by Crippen LogP contribution is -2.17. The Bertz CT molecular complexity index is 3430. The minimum absolute atomic E-state index is 0.110. The van der Waals surface area contributed by atoms with Crippen molar-refractivity contribution in [2.45, 2.75) is 19.3 Å². The molecular formula is C59H42N2. The van der Waals surface area contributed by atoms with E-state index in [1.54, 1.807) is 0 Å². The second-order valence-electron chi connectivity index (χ2n) is 17.0. The maximum absolute atomic E-state index is 2.44. The van der Waals surface area contributed by atoms with Gasteiger partial charge in [0.05, 0.1) is 0 Å². The van der Waals surface area contributed by atoms with E-state index in [1.807, 2.05) is 0 Å². The Hall–Kier alpha value is -7.68. The van der Waals surface area contributed by atoms with Gasteiger partial charge in [-0.25, -0.2) is 0 Å². The number of benzene rings is 11. The van der Waals surface area contributed by atoms with Crippen LogP contribution in [0.1, 0.15) is 25.0 Å². The van der Waals surface area contributed by atoms with Crippen molar-refractivity contribution in [3.8, 4) is 11.1 Å². The normalized spacial score (nSPS) is 12.9. The third kappa shape index (κ3) is 5.79. The largest absolute Gasteiger partial charge is 0.310 e. The average Bonchev–Trinajstić information content (AvgIpc) is 3.55. The molecule has 0 fully saturated rings. The first-order chi connectivity index (χ1) is 30.0. The second-order valence-corrected chi connectivity index (χ2v) is 17.0. The fourth-order valence-corrected chi connectivity index (χ4v) is 9.96. The van der Waals surface area contributed by atoms with Crippen molar-refractivity contribution in [2.24, 2.45) is 0 Å². The standard InChI is InChI=1S/C59H42N2/c1-59(2)55-17-9-16-44-18-19-48-37-54(38-56(59)58(48)57(44)55)61(53-33-26-41-12-5-8-15-47(41)36-53)50-29-22-43(23-30-50)42-20-27-49(28-21-42)60(51-31-24-39-10-3-6-13-45(39)34-51)52-32-25-40-11-4-7-14-46(40)35-52/h3-38H,1-2H3. The number of anilines is 6. The van der Waals surface area contributed by atoms with Crippen molar-refractivity contribution in [2.75, 3.05) is 9.80 Å². The summed E-state index contributed by atoms with van der Waals surface area (Å²) in [5.41, 5.74) is 11.8. The Labute approximate surface area is 356 Å². The van der Waals surface area contributed by atoms with Crippen molar-refractivity contribution in [3.05, 3.63) is 230 Å². The van der Waals surface area contributed by atoms with Crippen molar-refractivity contribution >= 4 is 88.0 Å². The molecule has 2 heteroatoms. The van der Waals surface area contributed by atoms with Gasteiger partial charge in [0.25, 0.3) is 0 Å². The molecule has 0 heterocycles. The zero-order valence-electron chi connectivity index (χ0n) is 34.2. The molecule has 61 heavy (non-hydrogen) atoms. The van der Waals surface area contributed by atoms with E-state index < -0.39 is 0 Å². The summed E-state index contributed by atoms with van der Waals surface area (Å²) >= 11 is 0. The number of hydrogen-bond donors (Lipinski definition) is 0. The quantitative estimate of drug-likeness (QED) is 0.149. The zero-order chi connectivity index (χ0) is 40.7. The van der Waals surface area contributed by atoms with Crippen LogP contribution < -0.4 is 9.80 Å². The van der Waals surface area contributed by atoms with Crippen LogP contribution in [-0.4, -0.2) is 0 Å². The van der Waals surface area contributed by atoms with Crippen LogP contribution in [0, 0.1) is 0 Å². The molecule has 0 radical (unpaired) electrons. The van der Waals surface area contributed by atoms with E-state index in [2.05, 4.69) is 242 Å². The third-order valence-corrected chi connectivity index (χ3v) is 13.1. The molecule has 0 unspecified atom stereocenters. The Morgan fingerprint density at radius 3 is 1.11 bits per heavy atom. The Balaban J connectivity index is 0.939. The highest BCUT2D eigenvalue weighted by atomic mass is 15.1. The third-order valence-electron chi connectivity index (χ3n) is 13.1. The highest BCUT2D eigenvalue weighted by Gasteiger charge is 2.35. The van der Waals surface area contributed by atoms with Gasteiger partial charge in [-0.3, -0.25) is 0 Å². The summed E-state index contributed by atoms with van der Waals surface area (Å²) < 4.78 is 0. The fraction of sp³-hybridized carbons (Fsp3) is 0.0508. The smallest absolute Gasteiger partial charge is 0.0471 e. The van der Waals surface area contributed by atoms with Gasteiger partial charge in [0, 0.05) is 39.5 Å². The van der Waals surface area contributed by atoms with Gasteiger partial charge in [0.1, 0.15) is 0 Å². The van der Waals surface area contributed by atoms with Gasteiger partial charge < -0.3 is 9.80 Å². The van der Waals surface area contributed by atoms with Gasteiger partial charge in [-0.2, -0.15) is 0 Å². The van der Waals surface area contributed by atoms with E-state index in [-0.39, 0.29) is 5.41 Å². The summed E-state index contributed by atoms with van der Waals surface area (Å²) in [6.45, 7) is 4.76. The molecule has 0 aliphatic heterocycles. The lowest BCUT2D eigenvalue weighted by atomic mass is 9.81. The van der Waals surface area contributed by atoms with E-state index >= 15 is 0 Å². The van der Waals surface area contributed by atoms with Crippen LogP contribution in [0.3, 0.4) is 0 Å². The monoisotopic (exact) mass is 778 g/mol. The van der Waals surface area contributed by atoms with Gasteiger partial charge in [-0.1, -0.05) is 159 Å². The Morgan fingerprint density at radius 1 is 0.262 bits per heavy atom. The summed E-state index contributed by atoms with van der Waals surface area (Å²) in [4.78, 5) is 4.80. The molecule has 0 saturated heterocycles. The van der Waals surface area contributed by atoms with Crippen molar-refractivity contribution < 1.29 is 0 Å². The van der Waals surface area contributed by atoms with Gasteiger partial charge in [-0.05, 0) is 149 Å². The molecule has 288 valence electrons. The summed E-state index contributed by atoms with van der Waals surface area (Å²) in [7, 11) is 0. The summed E-state index contributed by atoms with van der Waals surface area (Å²) in [5.74, 6) is 0.